The molecule has 2 N–H and O–H groups in total. The van der Waals surface area contributed by atoms with Crippen LogP contribution in [0.2, 0.25) is 10.0 Å². The molecule has 0 saturated heterocycles. The van der Waals surface area contributed by atoms with Gasteiger partial charge in [-0.15, -0.1) is 5.10 Å². The Balaban J connectivity index is 1.84. The van der Waals surface area contributed by atoms with Crippen LogP contribution in [0, 0.1) is 0 Å². The average Bonchev–Trinajstić information content (AvgIpc) is 3.02. The summed E-state index contributed by atoms with van der Waals surface area (Å²) in [5, 5.41) is 8.49. The van der Waals surface area contributed by atoms with Crippen LogP contribution in [0.25, 0.3) is 5.70 Å². The third kappa shape index (κ3) is 3.84. The van der Waals surface area contributed by atoms with Crippen LogP contribution in [0.15, 0.2) is 54.6 Å². The molecular weight excluding hydrogens is 421 g/mol. The van der Waals surface area contributed by atoms with E-state index >= 15 is 0 Å². The third-order valence-corrected chi connectivity index (χ3v) is 5.22. The highest BCUT2D eigenvalue weighted by molar-refractivity contribution is 7.91. The maximum atomic E-state index is 11.6. The lowest BCUT2D eigenvalue weighted by Crippen LogP contribution is -2.20. The Labute approximate surface area is 172 Å². The Bertz CT molecular complexity index is 1180. The van der Waals surface area contributed by atoms with Gasteiger partial charge in [-0.2, -0.15) is 4.98 Å². The number of hydrogen-bond donors (Lipinski definition) is 2. The third-order valence-electron chi connectivity index (χ3n) is 4.11. The summed E-state index contributed by atoms with van der Waals surface area (Å²) in [6, 6.07) is 14.5. The standard InChI is InChI=1S/C18H15Cl2N5O2S/c1-28(26,27)24-17-22-18-21-15(11-5-3-2-4-6-11)10-16(25(18)23-17)13-8-7-12(19)9-14(13)20/h2-10,16H,1H3,(H2,21,22,23,24)/t16-/m0/s1. The predicted octanol–water partition coefficient (Wildman–Crippen LogP) is 4.01. The molecule has 144 valence electrons. The smallest absolute Gasteiger partial charge is 0.257 e. The molecule has 0 radical (unpaired) electrons. The van der Waals surface area contributed by atoms with Crippen molar-refractivity contribution >= 4 is 50.8 Å². The largest absolute Gasteiger partial charge is 0.324 e. The molecule has 10 heteroatoms. The van der Waals surface area contributed by atoms with Crippen molar-refractivity contribution in [3.05, 3.63) is 75.8 Å². The molecule has 0 amide bonds. The van der Waals surface area contributed by atoms with Gasteiger partial charge >= 0.3 is 0 Å². The van der Waals surface area contributed by atoms with E-state index in [0.29, 0.717) is 16.0 Å². The van der Waals surface area contributed by atoms with Crippen molar-refractivity contribution in [2.24, 2.45) is 0 Å². The molecular formula is C18H15Cl2N5O2S. The second kappa shape index (κ2) is 7.12. The number of fused-ring (bicyclic) bond motifs is 1. The van der Waals surface area contributed by atoms with Crippen molar-refractivity contribution in [2.75, 3.05) is 16.3 Å². The lowest BCUT2D eigenvalue weighted by molar-refractivity contribution is 0.603. The SMILES string of the molecule is CS(=O)(=O)Nc1nc2n(n1)[C@H](c1ccc(Cl)cc1Cl)C=C(c1ccccc1)N2. The number of anilines is 2. The van der Waals surface area contributed by atoms with Crippen molar-refractivity contribution in [3.8, 4) is 0 Å². The first kappa shape index (κ1) is 18.8. The van der Waals surface area contributed by atoms with Crippen molar-refractivity contribution in [2.45, 2.75) is 6.04 Å². The zero-order valence-electron chi connectivity index (χ0n) is 14.6. The fourth-order valence-corrected chi connectivity index (χ4v) is 3.89. The number of benzene rings is 2. The van der Waals surface area contributed by atoms with Gasteiger partial charge in [0.15, 0.2) is 0 Å². The normalized spacial score (nSPS) is 16.1. The number of aromatic nitrogens is 3. The topological polar surface area (TPSA) is 88.9 Å². The van der Waals surface area contributed by atoms with Crippen molar-refractivity contribution in [1.82, 2.24) is 14.8 Å². The van der Waals surface area contributed by atoms with Crippen molar-refractivity contribution in [3.63, 3.8) is 0 Å². The minimum absolute atomic E-state index is 0.0252. The fourth-order valence-electron chi connectivity index (χ4n) is 2.95. The maximum absolute atomic E-state index is 11.6. The molecule has 3 aromatic rings. The summed E-state index contributed by atoms with van der Waals surface area (Å²) in [7, 11) is -3.51. The second-order valence-electron chi connectivity index (χ2n) is 6.26. The van der Waals surface area contributed by atoms with Crippen LogP contribution in [0.4, 0.5) is 11.9 Å². The summed E-state index contributed by atoms with van der Waals surface area (Å²) < 4.78 is 27.0. The maximum Gasteiger partial charge on any atom is 0.257 e. The van der Waals surface area contributed by atoms with Gasteiger partial charge in [-0.1, -0.05) is 59.6 Å². The van der Waals surface area contributed by atoms with Crippen LogP contribution in [0.1, 0.15) is 17.2 Å². The van der Waals surface area contributed by atoms with Gasteiger partial charge in [0, 0.05) is 15.7 Å². The van der Waals surface area contributed by atoms with Crippen LogP contribution in [-0.2, 0) is 10.0 Å². The van der Waals surface area contributed by atoms with E-state index in [1.54, 1.807) is 16.8 Å². The fraction of sp³-hybridized carbons (Fsp3) is 0.111. The van der Waals surface area contributed by atoms with Gasteiger partial charge in [-0.3, -0.25) is 4.72 Å². The van der Waals surface area contributed by atoms with E-state index in [1.807, 2.05) is 42.5 Å². The molecule has 2 heterocycles. The predicted molar refractivity (Wildman–Crippen MR) is 111 cm³/mol. The van der Waals surface area contributed by atoms with E-state index in [2.05, 4.69) is 20.1 Å². The molecule has 1 atom stereocenters. The minimum atomic E-state index is -3.51. The molecule has 0 saturated carbocycles. The van der Waals surface area contributed by atoms with Gasteiger partial charge in [-0.25, -0.2) is 13.1 Å². The molecule has 1 aromatic heterocycles. The summed E-state index contributed by atoms with van der Waals surface area (Å²) >= 11 is 12.5. The van der Waals surface area contributed by atoms with E-state index < -0.39 is 16.1 Å². The van der Waals surface area contributed by atoms with E-state index in [0.717, 1.165) is 23.1 Å². The summed E-state index contributed by atoms with van der Waals surface area (Å²) in [6.45, 7) is 0. The van der Waals surface area contributed by atoms with Crippen molar-refractivity contribution in [1.29, 1.82) is 0 Å². The lowest BCUT2D eigenvalue weighted by atomic mass is 10.0. The molecule has 28 heavy (non-hydrogen) atoms. The molecule has 0 fully saturated rings. The summed E-state index contributed by atoms with van der Waals surface area (Å²) in [4.78, 5) is 4.28. The molecule has 0 unspecified atom stereocenters. The highest BCUT2D eigenvalue weighted by Gasteiger charge is 2.27. The van der Waals surface area contributed by atoms with Gasteiger partial charge in [0.2, 0.25) is 16.0 Å². The zero-order valence-corrected chi connectivity index (χ0v) is 16.9. The Hall–Kier alpha value is -2.55. The Morgan fingerprint density at radius 1 is 1.14 bits per heavy atom. The molecule has 0 spiro atoms. The molecule has 0 aliphatic carbocycles. The number of halogens is 2. The average molecular weight is 436 g/mol. The molecule has 7 nitrogen and oxygen atoms in total. The van der Waals surface area contributed by atoms with E-state index in [-0.39, 0.29) is 5.95 Å². The highest BCUT2D eigenvalue weighted by Crippen LogP contribution is 2.36. The van der Waals surface area contributed by atoms with E-state index in [4.69, 9.17) is 23.2 Å². The molecule has 4 rings (SSSR count). The minimum Gasteiger partial charge on any atom is -0.324 e. The van der Waals surface area contributed by atoms with Crippen LogP contribution < -0.4 is 10.0 Å². The van der Waals surface area contributed by atoms with Crippen LogP contribution in [0.5, 0.6) is 0 Å². The monoisotopic (exact) mass is 435 g/mol. The molecule has 2 aromatic carbocycles. The number of nitrogens with one attached hydrogen (secondary N) is 2. The van der Waals surface area contributed by atoms with Crippen LogP contribution in [-0.4, -0.2) is 29.4 Å². The summed E-state index contributed by atoms with van der Waals surface area (Å²) in [6.07, 6.45) is 3.00. The van der Waals surface area contributed by atoms with Gasteiger partial charge in [-0.05, 0) is 29.3 Å². The van der Waals surface area contributed by atoms with Gasteiger partial charge in [0.05, 0.1) is 6.26 Å². The Morgan fingerprint density at radius 3 is 2.57 bits per heavy atom. The summed E-state index contributed by atoms with van der Waals surface area (Å²) in [5.74, 6) is 0.367. The molecule has 1 aliphatic rings. The summed E-state index contributed by atoms with van der Waals surface area (Å²) in [5.41, 5.74) is 2.52. The first-order chi connectivity index (χ1) is 13.3. The first-order valence-corrected chi connectivity index (χ1v) is 10.9. The van der Waals surface area contributed by atoms with Gasteiger partial charge in [0.25, 0.3) is 5.95 Å². The number of rotatable bonds is 4. The van der Waals surface area contributed by atoms with Crippen LogP contribution in [0.3, 0.4) is 0 Å². The second-order valence-corrected chi connectivity index (χ2v) is 8.85. The van der Waals surface area contributed by atoms with Crippen molar-refractivity contribution < 1.29 is 8.42 Å². The van der Waals surface area contributed by atoms with Crippen LogP contribution >= 0.6 is 23.2 Å². The number of nitrogens with zero attached hydrogens (tertiary/aromatic N) is 3. The van der Waals surface area contributed by atoms with Gasteiger partial charge < -0.3 is 5.32 Å². The van der Waals surface area contributed by atoms with E-state index in [1.165, 1.54) is 0 Å². The first-order valence-electron chi connectivity index (χ1n) is 8.24. The molecule has 0 bridgehead atoms. The number of sulfonamides is 1. The van der Waals surface area contributed by atoms with Gasteiger partial charge in [0.1, 0.15) is 6.04 Å². The number of hydrogen-bond acceptors (Lipinski definition) is 5. The number of allylic oxidation sites excluding steroid dienone is 1. The highest BCUT2D eigenvalue weighted by atomic mass is 35.5. The molecule has 1 aliphatic heterocycles. The van der Waals surface area contributed by atoms with E-state index in [9.17, 15) is 8.42 Å². The lowest BCUT2D eigenvalue weighted by Gasteiger charge is -2.25. The Morgan fingerprint density at radius 2 is 1.89 bits per heavy atom. The Kier molecular flexibility index (Phi) is 4.78. The quantitative estimate of drug-likeness (QED) is 0.645. The zero-order chi connectivity index (χ0) is 19.9.